The van der Waals surface area contributed by atoms with E-state index in [0.29, 0.717) is 0 Å². The molecule has 2 aromatic heterocycles. The summed E-state index contributed by atoms with van der Waals surface area (Å²) < 4.78 is 5.20. The number of aryl methyl sites for hydroxylation is 2. The molecule has 0 saturated carbocycles. The molecule has 0 bridgehead atoms. The summed E-state index contributed by atoms with van der Waals surface area (Å²) in [7, 11) is 0. The second-order valence-corrected chi connectivity index (χ2v) is 2.87. The Morgan fingerprint density at radius 2 is 2.31 bits per heavy atom. The molecule has 2 heterocycles. The molecule has 0 aliphatic carbocycles. The van der Waals surface area contributed by atoms with Crippen LogP contribution in [0, 0.1) is 0 Å². The molecule has 0 unspecified atom stereocenters. The second kappa shape index (κ2) is 3.35. The lowest BCUT2D eigenvalue weighted by molar-refractivity contribution is 0.507. The van der Waals surface area contributed by atoms with Gasteiger partial charge in [0.2, 0.25) is 0 Å². The van der Waals surface area contributed by atoms with Gasteiger partial charge in [0.15, 0.2) is 0 Å². The van der Waals surface area contributed by atoms with Crippen LogP contribution >= 0.6 is 0 Å². The molecule has 0 atom stereocenters. The predicted octanol–water partition coefficient (Wildman–Crippen LogP) is 0.975. The summed E-state index contributed by atoms with van der Waals surface area (Å²) in [5.41, 5.74) is 0.985. The van der Waals surface area contributed by atoms with E-state index in [4.69, 9.17) is 10.3 Å². The van der Waals surface area contributed by atoms with E-state index < -0.39 is 0 Å². The average molecular weight is 177 g/mol. The van der Waals surface area contributed by atoms with Crippen molar-refractivity contribution in [3.05, 3.63) is 42.1 Å². The molecule has 0 radical (unpaired) electrons. The number of aromatic nitrogens is 2. The van der Waals surface area contributed by atoms with Gasteiger partial charge in [0.25, 0.3) is 0 Å². The quantitative estimate of drug-likeness (QED) is 0.711. The third-order valence-electron chi connectivity index (χ3n) is 1.87. The van der Waals surface area contributed by atoms with Crippen molar-refractivity contribution in [2.75, 3.05) is 5.84 Å². The Morgan fingerprint density at radius 1 is 1.38 bits per heavy atom. The van der Waals surface area contributed by atoms with Crippen LogP contribution in [0.25, 0.3) is 0 Å². The monoisotopic (exact) mass is 177 g/mol. The van der Waals surface area contributed by atoms with Gasteiger partial charge in [0, 0.05) is 12.6 Å². The SMILES string of the molecule is Nn1ccc(CCc2ccco2)n1. The van der Waals surface area contributed by atoms with E-state index in [2.05, 4.69) is 5.10 Å². The minimum Gasteiger partial charge on any atom is -0.469 e. The highest BCUT2D eigenvalue weighted by Gasteiger charge is 1.99. The van der Waals surface area contributed by atoms with Gasteiger partial charge in [-0.1, -0.05) is 0 Å². The number of nitrogens with zero attached hydrogens (tertiary/aromatic N) is 2. The molecule has 0 aromatic carbocycles. The van der Waals surface area contributed by atoms with E-state index in [-0.39, 0.29) is 0 Å². The Kier molecular flexibility index (Phi) is 2.04. The first-order valence-corrected chi connectivity index (χ1v) is 4.16. The number of furan rings is 1. The van der Waals surface area contributed by atoms with Crippen LogP contribution in [0.1, 0.15) is 11.5 Å². The lowest BCUT2D eigenvalue weighted by Gasteiger charge is -1.93. The summed E-state index contributed by atoms with van der Waals surface area (Å²) in [5.74, 6) is 6.39. The standard InChI is InChI=1S/C9H11N3O/c10-12-6-5-8(11-12)3-4-9-2-1-7-13-9/h1-2,5-7H,3-4,10H2. The third-order valence-corrected chi connectivity index (χ3v) is 1.87. The van der Waals surface area contributed by atoms with Gasteiger partial charge in [-0.2, -0.15) is 9.89 Å². The zero-order chi connectivity index (χ0) is 9.10. The number of nitrogen functional groups attached to an aromatic ring is 1. The molecule has 4 heteroatoms. The number of rotatable bonds is 3. The molecule has 2 N–H and O–H groups in total. The number of hydrogen-bond acceptors (Lipinski definition) is 3. The van der Waals surface area contributed by atoms with Crippen LogP contribution in [-0.4, -0.2) is 9.89 Å². The van der Waals surface area contributed by atoms with Crippen molar-refractivity contribution >= 4 is 0 Å². The summed E-state index contributed by atoms with van der Waals surface area (Å²) in [5, 5.41) is 4.06. The van der Waals surface area contributed by atoms with Crippen molar-refractivity contribution in [3.8, 4) is 0 Å². The van der Waals surface area contributed by atoms with E-state index in [1.54, 1.807) is 12.5 Å². The highest BCUT2D eigenvalue weighted by molar-refractivity contribution is 5.04. The Balaban J connectivity index is 1.93. The predicted molar refractivity (Wildman–Crippen MR) is 48.5 cm³/mol. The maximum absolute atomic E-state index is 5.41. The zero-order valence-electron chi connectivity index (χ0n) is 7.18. The van der Waals surface area contributed by atoms with Gasteiger partial charge >= 0.3 is 0 Å². The smallest absolute Gasteiger partial charge is 0.104 e. The van der Waals surface area contributed by atoms with E-state index in [1.807, 2.05) is 18.2 Å². The maximum atomic E-state index is 5.41. The Bertz CT molecular complexity index is 364. The zero-order valence-corrected chi connectivity index (χ0v) is 7.18. The molecule has 2 rings (SSSR count). The molecule has 13 heavy (non-hydrogen) atoms. The van der Waals surface area contributed by atoms with Crippen LogP contribution in [0.5, 0.6) is 0 Å². The van der Waals surface area contributed by atoms with Gasteiger partial charge in [0.05, 0.1) is 12.0 Å². The van der Waals surface area contributed by atoms with Gasteiger partial charge in [-0.25, -0.2) is 0 Å². The fraction of sp³-hybridized carbons (Fsp3) is 0.222. The van der Waals surface area contributed by atoms with Crippen molar-refractivity contribution in [2.24, 2.45) is 0 Å². The minimum atomic E-state index is 0.859. The lowest BCUT2D eigenvalue weighted by atomic mass is 10.2. The van der Waals surface area contributed by atoms with Crippen LogP contribution in [0.3, 0.4) is 0 Å². The molecule has 0 aliphatic rings. The summed E-state index contributed by atoms with van der Waals surface area (Å²) in [6.45, 7) is 0. The molecule has 68 valence electrons. The first kappa shape index (κ1) is 7.91. The average Bonchev–Trinajstić information content (AvgIpc) is 2.71. The van der Waals surface area contributed by atoms with Gasteiger partial charge < -0.3 is 10.3 Å². The third kappa shape index (κ3) is 1.90. The van der Waals surface area contributed by atoms with Crippen molar-refractivity contribution in [2.45, 2.75) is 12.8 Å². The van der Waals surface area contributed by atoms with Crippen LogP contribution in [0.4, 0.5) is 0 Å². The maximum Gasteiger partial charge on any atom is 0.104 e. The van der Waals surface area contributed by atoms with Crippen LogP contribution in [0.2, 0.25) is 0 Å². The minimum absolute atomic E-state index is 0.859. The van der Waals surface area contributed by atoms with Crippen molar-refractivity contribution in [3.63, 3.8) is 0 Å². The van der Waals surface area contributed by atoms with E-state index >= 15 is 0 Å². The number of nitrogens with two attached hydrogens (primary N) is 1. The Morgan fingerprint density at radius 3 is 2.92 bits per heavy atom. The van der Waals surface area contributed by atoms with E-state index in [1.165, 1.54) is 4.79 Å². The largest absolute Gasteiger partial charge is 0.469 e. The Labute approximate surface area is 75.9 Å². The summed E-state index contributed by atoms with van der Waals surface area (Å²) in [6.07, 6.45) is 5.13. The number of hydrogen-bond donors (Lipinski definition) is 1. The molecular formula is C9H11N3O. The van der Waals surface area contributed by atoms with E-state index in [0.717, 1.165) is 24.3 Å². The van der Waals surface area contributed by atoms with Crippen molar-refractivity contribution in [1.82, 2.24) is 9.89 Å². The molecule has 0 fully saturated rings. The summed E-state index contributed by atoms with van der Waals surface area (Å²) in [6, 6.07) is 5.75. The fourth-order valence-corrected chi connectivity index (χ4v) is 1.22. The highest BCUT2D eigenvalue weighted by Crippen LogP contribution is 2.05. The van der Waals surface area contributed by atoms with Crippen LogP contribution < -0.4 is 5.84 Å². The Hall–Kier alpha value is -1.71. The molecule has 0 aliphatic heterocycles. The molecule has 0 saturated heterocycles. The van der Waals surface area contributed by atoms with Gasteiger partial charge in [-0.15, -0.1) is 0 Å². The van der Waals surface area contributed by atoms with Gasteiger partial charge in [-0.3, -0.25) is 0 Å². The molecular weight excluding hydrogens is 166 g/mol. The van der Waals surface area contributed by atoms with Gasteiger partial charge in [0.1, 0.15) is 5.76 Å². The second-order valence-electron chi connectivity index (χ2n) is 2.87. The van der Waals surface area contributed by atoms with Crippen LogP contribution in [-0.2, 0) is 12.8 Å². The summed E-state index contributed by atoms with van der Waals surface area (Å²) in [4.78, 5) is 1.32. The first-order valence-electron chi connectivity index (χ1n) is 4.16. The highest BCUT2D eigenvalue weighted by atomic mass is 16.3. The lowest BCUT2D eigenvalue weighted by Crippen LogP contribution is -2.08. The summed E-state index contributed by atoms with van der Waals surface area (Å²) >= 11 is 0. The normalized spacial score (nSPS) is 10.5. The first-order chi connectivity index (χ1) is 6.34. The van der Waals surface area contributed by atoms with E-state index in [9.17, 15) is 0 Å². The topological polar surface area (TPSA) is 57.0 Å². The van der Waals surface area contributed by atoms with Crippen molar-refractivity contribution < 1.29 is 4.42 Å². The molecule has 4 nitrogen and oxygen atoms in total. The van der Waals surface area contributed by atoms with Gasteiger partial charge in [-0.05, 0) is 24.6 Å². The van der Waals surface area contributed by atoms with Crippen LogP contribution in [0.15, 0.2) is 35.1 Å². The molecule has 0 amide bonds. The van der Waals surface area contributed by atoms with Crippen molar-refractivity contribution in [1.29, 1.82) is 0 Å². The fourth-order valence-electron chi connectivity index (χ4n) is 1.22. The molecule has 2 aromatic rings. The molecule has 0 spiro atoms.